The highest BCUT2D eigenvalue weighted by Gasteiger charge is 2.22. The Kier molecular flexibility index (Phi) is 6.06. The number of hydrogen-bond donors (Lipinski definition) is 2. The van der Waals surface area contributed by atoms with Crippen molar-refractivity contribution in [1.82, 2.24) is 5.32 Å². The molecule has 0 bridgehead atoms. The first-order valence-corrected chi connectivity index (χ1v) is 8.19. The number of unbranched alkanes of at least 4 members (excludes halogenated alkanes) is 1. The number of hydrogen-bond acceptors (Lipinski definition) is 2. The molecule has 1 aliphatic carbocycles. The lowest BCUT2D eigenvalue weighted by Gasteiger charge is -2.18. The molecule has 1 aromatic carbocycles. The molecule has 0 aromatic heterocycles. The summed E-state index contributed by atoms with van der Waals surface area (Å²) in [5.41, 5.74) is 2.81. The minimum Gasteiger partial charge on any atom is -0.393 e. The largest absolute Gasteiger partial charge is 0.393 e. The lowest BCUT2D eigenvalue weighted by atomic mass is 10.0. The van der Waals surface area contributed by atoms with Gasteiger partial charge in [-0.15, -0.1) is 0 Å². The van der Waals surface area contributed by atoms with Gasteiger partial charge in [0.2, 0.25) is 0 Å². The topological polar surface area (TPSA) is 32.3 Å². The van der Waals surface area contributed by atoms with E-state index in [9.17, 15) is 5.11 Å². The van der Waals surface area contributed by atoms with Crippen LogP contribution >= 0.6 is 0 Å². The van der Waals surface area contributed by atoms with Crippen LogP contribution in [0.2, 0.25) is 0 Å². The van der Waals surface area contributed by atoms with E-state index in [0.29, 0.717) is 12.0 Å². The lowest BCUT2D eigenvalue weighted by Crippen LogP contribution is -2.25. The molecule has 2 rings (SSSR count). The summed E-state index contributed by atoms with van der Waals surface area (Å²) >= 11 is 0. The molecule has 1 aromatic rings. The second-order valence-electron chi connectivity index (χ2n) is 6.31. The summed E-state index contributed by atoms with van der Waals surface area (Å²) in [6.45, 7) is 5.49. The minimum atomic E-state index is -0.0602. The minimum absolute atomic E-state index is 0.0602. The van der Waals surface area contributed by atoms with E-state index in [1.807, 2.05) is 0 Å². The fourth-order valence-electron chi connectivity index (χ4n) is 3.05. The van der Waals surface area contributed by atoms with Crippen LogP contribution in [0.3, 0.4) is 0 Å². The predicted octanol–water partition coefficient (Wildman–Crippen LogP) is 3.84. The number of benzene rings is 1. The molecule has 2 N–H and O–H groups in total. The van der Waals surface area contributed by atoms with E-state index in [1.54, 1.807) is 0 Å². The van der Waals surface area contributed by atoms with Crippen LogP contribution in [-0.2, 0) is 6.42 Å². The highest BCUT2D eigenvalue weighted by molar-refractivity contribution is 5.24. The van der Waals surface area contributed by atoms with E-state index in [1.165, 1.54) is 30.4 Å². The molecule has 112 valence electrons. The molecule has 1 saturated carbocycles. The summed E-state index contributed by atoms with van der Waals surface area (Å²) in [6.07, 6.45) is 6.78. The van der Waals surface area contributed by atoms with Crippen molar-refractivity contribution in [3.8, 4) is 0 Å². The van der Waals surface area contributed by atoms with Crippen LogP contribution in [0.1, 0.15) is 63.1 Å². The van der Waals surface area contributed by atoms with Gasteiger partial charge in [-0.05, 0) is 62.6 Å². The van der Waals surface area contributed by atoms with Gasteiger partial charge in [-0.2, -0.15) is 0 Å². The first kappa shape index (κ1) is 15.5. The average Bonchev–Trinajstić information content (AvgIpc) is 2.89. The Morgan fingerprint density at radius 1 is 1.25 bits per heavy atom. The Balaban J connectivity index is 1.78. The van der Waals surface area contributed by atoms with E-state index >= 15 is 0 Å². The van der Waals surface area contributed by atoms with Crippen molar-refractivity contribution in [2.24, 2.45) is 5.92 Å². The molecule has 0 radical (unpaired) electrons. The molecule has 1 fully saturated rings. The van der Waals surface area contributed by atoms with Crippen LogP contribution in [0.4, 0.5) is 0 Å². The van der Waals surface area contributed by atoms with Gasteiger partial charge < -0.3 is 10.4 Å². The summed E-state index contributed by atoms with van der Waals surface area (Å²) in [5.74, 6) is 0.649. The van der Waals surface area contributed by atoms with E-state index < -0.39 is 0 Å². The zero-order valence-corrected chi connectivity index (χ0v) is 12.9. The molecule has 20 heavy (non-hydrogen) atoms. The molecule has 0 spiro atoms. The molecule has 0 heterocycles. The quantitative estimate of drug-likeness (QED) is 0.792. The van der Waals surface area contributed by atoms with Crippen molar-refractivity contribution >= 4 is 0 Å². The second-order valence-corrected chi connectivity index (χ2v) is 6.31. The number of nitrogens with one attached hydrogen (secondary N) is 1. The molecule has 2 heteroatoms. The number of aliphatic hydroxyl groups is 1. The molecule has 3 atom stereocenters. The van der Waals surface area contributed by atoms with Gasteiger partial charge in [0.1, 0.15) is 0 Å². The summed E-state index contributed by atoms with van der Waals surface area (Å²) in [6, 6.07) is 9.44. The SMILES string of the molecule is CCCCc1ccc(C(C)NCC2CCC(O)C2)cc1. The zero-order chi connectivity index (χ0) is 14.4. The first-order chi connectivity index (χ1) is 9.69. The fraction of sp³-hybridized carbons (Fsp3) is 0.667. The fourth-order valence-corrected chi connectivity index (χ4v) is 3.05. The van der Waals surface area contributed by atoms with E-state index in [4.69, 9.17) is 0 Å². The van der Waals surface area contributed by atoms with Gasteiger partial charge in [-0.1, -0.05) is 37.6 Å². The molecule has 1 aliphatic rings. The normalized spacial score (nSPS) is 23.9. The van der Waals surface area contributed by atoms with Crippen molar-refractivity contribution in [3.05, 3.63) is 35.4 Å². The average molecular weight is 275 g/mol. The van der Waals surface area contributed by atoms with Crippen LogP contribution in [0.25, 0.3) is 0 Å². The van der Waals surface area contributed by atoms with Crippen molar-refractivity contribution in [3.63, 3.8) is 0 Å². The third-order valence-electron chi connectivity index (χ3n) is 4.52. The van der Waals surface area contributed by atoms with E-state index in [2.05, 4.69) is 43.4 Å². The summed E-state index contributed by atoms with van der Waals surface area (Å²) in [5, 5.41) is 13.2. The zero-order valence-electron chi connectivity index (χ0n) is 12.9. The third kappa shape index (κ3) is 4.60. The maximum Gasteiger partial charge on any atom is 0.0543 e. The second kappa shape index (κ2) is 7.80. The molecule has 0 amide bonds. The van der Waals surface area contributed by atoms with Crippen LogP contribution < -0.4 is 5.32 Å². The van der Waals surface area contributed by atoms with Crippen molar-refractivity contribution in [1.29, 1.82) is 0 Å². The first-order valence-electron chi connectivity index (χ1n) is 8.19. The number of aryl methyl sites for hydroxylation is 1. The number of aliphatic hydroxyl groups excluding tert-OH is 1. The maximum atomic E-state index is 9.56. The lowest BCUT2D eigenvalue weighted by molar-refractivity contribution is 0.177. The summed E-state index contributed by atoms with van der Waals surface area (Å²) in [7, 11) is 0. The molecular formula is C18H29NO. The molecule has 0 aliphatic heterocycles. The molecular weight excluding hydrogens is 246 g/mol. The standard InChI is InChI=1S/C18H29NO/c1-3-4-5-15-6-9-17(10-7-15)14(2)19-13-16-8-11-18(20)12-16/h6-7,9-10,14,16,18-20H,3-5,8,11-13H2,1-2H3. The van der Waals surface area contributed by atoms with Crippen LogP contribution in [0.5, 0.6) is 0 Å². The van der Waals surface area contributed by atoms with Crippen molar-refractivity contribution in [2.75, 3.05) is 6.54 Å². The van der Waals surface area contributed by atoms with Crippen LogP contribution in [-0.4, -0.2) is 17.8 Å². The third-order valence-corrected chi connectivity index (χ3v) is 4.52. The van der Waals surface area contributed by atoms with Crippen molar-refractivity contribution in [2.45, 2.75) is 64.5 Å². The summed E-state index contributed by atoms with van der Waals surface area (Å²) in [4.78, 5) is 0. The van der Waals surface area contributed by atoms with Gasteiger partial charge >= 0.3 is 0 Å². The molecule has 3 unspecified atom stereocenters. The smallest absolute Gasteiger partial charge is 0.0543 e. The van der Waals surface area contributed by atoms with Crippen molar-refractivity contribution < 1.29 is 5.11 Å². The molecule has 2 nitrogen and oxygen atoms in total. The number of rotatable bonds is 7. The van der Waals surface area contributed by atoms with E-state index in [0.717, 1.165) is 25.8 Å². The van der Waals surface area contributed by atoms with Gasteiger partial charge in [0.25, 0.3) is 0 Å². The predicted molar refractivity (Wildman–Crippen MR) is 84.8 cm³/mol. The van der Waals surface area contributed by atoms with Gasteiger partial charge in [0, 0.05) is 6.04 Å². The Hall–Kier alpha value is -0.860. The van der Waals surface area contributed by atoms with Gasteiger partial charge in [-0.3, -0.25) is 0 Å². The Morgan fingerprint density at radius 2 is 2.00 bits per heavy atom. The maximum absolute atomic E-state index is 9.56. The molecule has 0 saturated heterocycles. The van der Waals surface area contributed by atoms with Gasteiger partial charge in [-0.25, -0.2) is 0 Å². The Bertz CT molecular complexity index is 387. The highest BCUT2D eigenvalue weighted by Crippen LogP contribution is 2.25. The Labute approximate surface area is 123 Å². The van der Waals surface area contributed by atoms with Gasteiger partial charge in [0.15, 0.2) is 0 Å². The van der Waals surface area contributed by atoms with Crippen LogP contribution in [0, 0.1) is 5.92 Å². The van der Waals surface area contributed by atoms with E-state index in [-0.39, 0.29) is 6.10 Å². The van der Waals surface area contributed by atoms with Gasteiger partial charge in [0.05, 0.1) is 6.10 Å². The monoisotopic (exact) mass is 275 g/mol. The summed E-state index contributed by atoms with van der Waals surface area (Å²) < 4.78 is 0. The highest BCUT2D eigenvalue weighted by atomic mass is 16.3. The van der Waals surface area contributed by atoms with Crippen LogP contribution in [0.15, 0.2) is 24.3 Å². The Morgan fingerprint density at radius 3 is 2.60 bits per heavy atom.